The van der Waals surface area contributed by atoms with Gasteiger partial charge in [-0.2, -0.15) is 0 Å². The smallest absolute Gasteiger partial charge is 0.254 e. The summed E-state index contributed by atoms with van der Waals surface area (Å²) in [6.07, 6.45) is 8.07. The van der Waals surface area contributed by atoms with E-state index in [1.54, 1.807) is 0 Å². The second-order valence-electron chi connectivity index (χ2n) is 9.05. The van der Waals surface area contributed by atoms with E-state index in [1.807, 2.05) is 47.4 Å². The summed E-state index contributed by atoms with van der Waals surface area (Å²) in [5, 5.41) is 1.30. The van der Waals surface area contributed by atoms with Crippen LogP contribution in [0, 0.1) is 6.92 Å². The lowest BCUT2D eigenvalue weighted by Crippen LogP contribution is -2.49. The molecule has 32 heavy (non-hydrogen) atoms. The summed E-state index contributed by atoms with van der Waals surface area (Å²) in [6.45, 7) is 7.33. The van der Waals surface area contributed by atoms with Crippen LogP contribution >= 0.6 is 11.3 Å². The Morgan fingerprint density at radius 1 is 1.06 bits per heavy atom. The first-order valence-electron chi connectivity index (χ1n) is 12.1. The maximum Gasteiger partial charge on any atom is 0.254 e. The number of thiophene rings is 1. The molecule has 0 saturated carbocycles. The Labute approximate surface area is 194 Å². The third-order valence-corrected chi connectivity index (χ3v) is 8.02. The van der Waals surface area contributed by atoms with Gasteiger partial charge >= 0.3 is 0 Å². The number of benzene rings is 1. The molecule has 3 aromatic rings. The van der Waals surface area contributed by atoms with Gasteiger partial charge in [-0.1, -0.05) is 31.5 Å². The molecule has 0 spiro atoms. The van der Waals surface area contributed by atoms with Crippen LogP contribution in [0.15, 0.2) is 24.3 Å². The normalized spacial score (nSPS) is 16.4. The fourth-order valence-electron chi connectivity index (χ4n) is 4.96. The molecule has 0 N–H and O–H groups in total. The van der Waals surface area contributed by atoms with Crippen molar-refractivity contribution in [2.45, 2.75) is 58.8 Å². The molecule has 168 valence electrons. The number of anilines is 1. The van der Waals surface area contributed by atoms with Crippen molar-refractivity contribution in [1.82, 2.24) is 14.9 Å². The Kier molecular flexibility index (Phi) is 6.13. The fourth-order valence-corrected chi connectivity index (χ4v) is 6.24. The van der Waals surface area contributed by atoms with Crippen molar-refractivity contribution in [3.8, 4) is 0 Å². The first-order valence-corrected chi connectivity index (χ1v) is 12.9. The predicted octanol–water partition coefficient (Wildman–Crippen LogP) is 5.18. The Morgan fingerprint density at radius 2 is 1.84 bits per heavy atom. The first-order chi connectivity index (χ1) is 15.7. The third-order valence-electron chi connectivity index (χ3n) is 6.84. The number of piperazine rings is 1. The fraction of sp³-hybridized carbons (Fsp3) is 0.500. The number of rotatable bonds is 5. The number of amides is 1. The minimum Gasteiger partial charge on any atom is -0.352 e. The largest absolute Gasteiger partial charge is 0.352 e. The number of carbonyl (C=O) groups excluding carboxylic acids is 1. The summed E-state index contributed by atoms with van der Waals surface area (Å²) < 4.78 is 0. The average Bonchev–Trinajstić information content (AvgIpc) is 3.21. The molecule has 0 bridgehead atoms. The summed E-state index contributed by atoms with van der Waals surface area (Å²) in [4.78, 5) is 30.3. The first kappa shape index (κ1) is 21.4. The number of hydrogen-bond acceptors (Lipinski definition) is 5. The van der Waals surface area contributed by atoms with Gasteiger partial charge in [-0.25, -0.2) is 9.97 Å². The quantitative estimate of drug-likeness (QED) is 0.539. The number of unbranched alkanes of at least 4 members (excludes halogenated alkanes) is 1. The maximum absolute atomic E-state index is 13.1. The summed E-state index contributed by atoms with van der Waals surface area (Å²) in [5.41, 5.74) is 3.36. The number of fused-ring (bicyclic) bond motifs is 3. The van der Waals surface area contributed by atoms with E-state index in [-0.39, 0.29) is 5.91 Å². The molecule has 1 aliphatic heterocycles. The molecular formula is C26H32N4OS. The van der Waals surface area contributed by atoms with Crippen LogP contribution in [0.4, 0.5) is 5.82 Å². The van der Waals surface area contributed by atoms with Gasteiger partial charge in [0.1, 0.15) is 16.5 Å². The van der Waals surface area contributed by atoms with Gasteiger partial charge in [0.05, 0.1) is 5.39 Å². The van der Waals surface area contributed by atoms with Crippen molar-refractivity contribution >= 4 is 33.3 Å². The lowest BCUT2D eigenvalue weighted by atomic mass is 9.96. The van der Waals surface area contributed by atoms with Crippen molar-refractivity contribution in [2.75, 3.05) is 31.1 Å². The Bertz CT molecular complexity index is 1130. The van der Waals surface area contributed by atoms with Crippen LogP contribution in [-0.2, 0) is 19.3 Å². The average molecular weight is 449 g/mol. The molecule has 1 fully saturated rings. The molecule has 1 aliphatic carbocycles. The van der Waals surface area contributed by atoms with Gasteiger partial charge in [0.15, 0.2) is 0 Å². The molecule has 3 heterocycles. The van der Waals surface area contributed by atoms with Crippen LogP contribution in [0.5, 0.6) is 0 Å². The summed E-state index contributed by atoms with van der Waals surface area (Å²) >= 11 is 1.89. The minimum atomic E-state index is 0.145. The molecule has 6 heteroatoms. The lowest BCUT2D eigenvalue weighted by Gasteiger charge is -2.36. The summed E-state index contributed by atoms with van der Waals surface area (Å²) in [6, 6.07) is 7.89. The number of aromatic nitrogens is 2. The maximum atomic E-state index is 13.1. The van der Waals surface area contributed by atoms with E-state index >= 15 is 0 Å². The molecule has 2 aliphatic rings. The van der Waals surface area contributed by atoms with E-state index in [4.69, 9.17) is 9.97 Å². The van der Waals surface area contributed by atoms with E-state index in [1.165, 1.54) is 39.9 Å². The second kappa shape index (κ2) is 9.18. The standard InChI is InChI=1S/C26H32N4OS/c1-3-4-13-22-27-24(23-20-11-7-8-12-21(20)32-25(23)28-22)29-14-16-30(17-15-29)26(31)19-10-6-5-9-18(19)2/h5-6,9-10H,3-4,7-8,11-17H2,1-2H3. The molecule has 1 aromatic carbocycles. The number of hydrogen-bond donors (Lipinski definition) is 0. The van der Waals surface area contributed by atoms with Crippen molar-refractivity contribution in [2.24, 2.45) is 0 Å². The highest BCUT2D eigenvalue weighted by Crippen LogP contribution is 2.40. The van der Waals surface area contributed by atoms with Gasteiger partial charge in [0.2, 0.25) is 0 Å². The molecule has 0 atom stereocenters. The highest BCUT2D eigenvalue weighted by Gasteiger charge is 2.28. The van der Waals surface area contributed by atoms with Gasteiger partial charge in [-0.05, 0) is 56.2 Å². The van der Waals surface area contributed by atoms with E-state index in [0.29, 0.717) is 0 Å². The van der Waals surface area contributed by atoms with Crippen LogP contribution < -0.4 is 4.90 Å². The number of carbonyl (C=O) groups is 1. The third kappa shape index (κ3) is 4.01. The van der Waals surface area contributed by atoms with Gasteiger partial charge in [-0.3, -0.25) is 4.79 Å². The molecule has 0 radical (unpaired) electrons. The Hall–Kier alpha value is -2.47. The molecule has 0 unspecified atom stereocenters. The summed E-state index contributed by atoms with van der Waals surface area (Å²) in [7, 11) is 0. The second-order valence-corrected chi connectivity index (χ2v) is 10.1. The van der Waals surface area contributed by atoms with Crippen molar-refractivity contribution in [3.05, 3.63) is 51.7 Å². The SMILES string of the molecule is CCCCc1nc(N2CCN(C(=O)c3ccccc3C)CC2)c2c3c(sc2n1)CCCC3. The van der Waals surface area contributed by atoms with Crippen LogP contribution in [0.2, 0.25) is 0 Å². The molecule has 1 amide bonds. The van der Waals surface area contributed by atoms with Gasteiger partial charge in [0, 0.05) is 43.0 Å². The molecule has 5 nitrogen and oxygen atoms in total. The molecule has 2 aromatic heterocycles. The zero-order valence-electron chi connectivity index (χ0n) is 19.2. The van der Waals surface area contributed by atoms with Crippen LogP contribution in [-0.4, -0.2) is 47.0 Å². The summed E-state index contributed by atoms with van der Waals surface area (Å²) in [5.74, 6) is 2.24. The van der Waals surface area contributed by atoms with Gasteiger partial charge in [-0.15, -0.1) is 11.3 Å². The molecular weight excluding hydrogens is 416 g/mol. The highest BCUT2D eigenvalue weighted by atomic mass is 32.1. The topological polar surface area (TPSA) is 49.3 Å². The van der Waals surface area contributed by atoms with Crippen molar-refractivity contribution < 1.29 is 4.79 Å². The van der Waals surface area contributed by atoms with Crippen LogP contribution in [0.1, 0.15) is 64.8 Å². The van der Waals surface area contributed by atoms with Crippen molar-refractivity contribution in [3.63, 3.8) is 0 Å². The van der Waals surface area contributed by atoms with Gasteiger partial charge < -0.3 is 9.80 Å². The van der Waals surface area contributed by atoms with E-state index in [0.717, 1.165) is 74.6 Å². The highest BCUT2D eigenvalue weighted by molar-refractivity contribution is 7.19. The van der Waals surface area contributed by atoms with Crippen molar-refractivity contribution in [1.29, 1.82) is 0 Å². The monoisotopic (exact) mass is 448 g/mol. The zero-order chi connectivity index (χ0) is 22.1. The lowest BCUT2D eigenvalue weighted by molar-refractivity contribution is 0.0746. The minimum absolute atomic E-state index is 0.145. The Morgan fingerprint density at radius 3 is 2.62 bits per heavy atom. The van der Waals surface area contributed by atoms with E-state index in [2.05, 4.69) is 11.8 Å². The molecule has 5 rings (SSSR count). The van der Waals surface area contributed by atoms with E-state index < -0.39 is 0 Å². The Balaban J connectivity index is 1.42. The number of aryl methyl sites for hydroxylation is 4. The van der Waals surface area contributed by atoms with Gasteiger partial charge in [0.25, 0.3) is 5.91 Å². The zero-order valence-corrected chi connectivity index (χ0v) is 20.0. The van der Waals surface area contributed by atoms with E-state index in [9.17, 15) is 4.79 Å². The van der Waals surface area contributed by atoms with Crippen LogP contribution in [0.3, 0.4) is 0 Å². The molecule has 1 saturated heterocycles. The number of nitrogens with zero attached hydrogens (tertiary/aromatic N) is 4. The van der Waals surface area contributed by atoms with Crippen LogP contribution in [0.25, 0.3) is 10.2 Å². The predicted molar refractivity (Wildman–Crippen MR) is 132 cm³/mol.